The van der Waals surface area contributed by atoms with Crippen molar-refractivity contribution in [2.24, 2.45) is 0 Å². The fraction of sp³-hybridized carbons (Fsp3) is 0.160. The number of alkyl halides is 6. The van der Waals surface area contributed by atoms with E-state index in [0.29, 0.717) is 0 Å². The number of hydrogen-bond donors (Lipinski definition) is 2. The van der Waals surface area contributed by atoms with Crippen LogP contribution in [0.15, 0.2) is 67.5 Å². The van der Waals surface area contributed by atoms with E-state index in [4.69, 9.17) is 5.73 Å². The molecule has 0 saturated heterocycles. The molecule has 0 fully saturated rings. The molecule has 4 aromatic heterocycles. The monoisotopic (exact) mass is 560 g/mol. The molecule has 206 valence electrons. The summed E-state index contributed by atoms with van der Waals surface area (Å²) in [6.45, 7) is 1.49. The zero-order chi connectivity index (χ0) is 28.8. The predicted molar refractivity (Wildman–Crippen MR) is 131 cm³/mol. The highest BCUT2D eigenvalue weighted by Gasteiger charge is 2.42. The van der Waals surface area contributed by atoms with Gasteiger partial charge in [0.25, 0.3) is 5.91 Å². The van der Waals surface area contributed by atoms with Gasteiger partial charge in [0.1, 0.15) is 11.8 Å². The van der Waals surface area contributed by atoms with Crippen molar-refractivity contribution >= 4 is 23.1 Å². The van der Waals surface area contributed by atoms with Crippen molar-refractivity contribution in [1.29, 1.82) is 0 Å². The van der Waals surface area contributed by atoms with Gasteiger partial charge in [0.2, 0.25) is 0 Å². The fourth-order valence-corrected chi connectivity index (χ4v) is 4.28. The van der Waals surface area contributed by atoms with E-state index < -0.39 is 41.2 Å². The fourth-order valence-electron chi connectivity index (χ4n) is 4.28. The molecule has 3 N–H and O–H groups in total. The number of halogens is 6. The molecule has 0 bridgehead atoms. The molecular formula is C25H18F6N8O. The molecule has 1 unspecified atom stereocenters. The van der Waals surface area contributed by atoms with Crippen molar-refractivity contribution < 1.29 is 31.1 Å². The van der Waals surface area contributed by atoms with Crippen LogP contribution >= 0.6 is 0 Å². The maximum absolute atomic E-state index is 13.9. The second kappa shape index (κ2) is 9.66. The number of hydrogen-bond acceptors (Lipinski definition) is 6. The Labute approximate surface area is 221 Å². The minimum atomic E-state index is -4.77. The lowest BCUT2D eigenvalue weighted by Crippen LogP contribution is -2.26. The molecule has 0 aliphatic heterocycles. The third-order valence-corrected chi connectivity index (χ3v) is 6.08. The van der Waals surface area contributed by atoms with Crippen molar-refractivity contribution in [2.75, 3.05) is 11.1 Å². The van der Waals surface area contributed by atoms with Gasteiger partial charge in [0.05, 0.1) is 28.8 Å². The molecule has 5 aromatic rings. The number of rotatable bonds is 5. The number of fused-ring (bicyclic) bond motifs is 1. The van der Waals surface area contributed by atoms with Crippen LogP contribution in [0.1, 0.15) is 33.2 Å². The van der Waals surface area contributed by atoms with Crippen molar-refractivity contribution in [3.8, 4) is 11.3 Å². The Bertz CT molecular complexity index is 1710. The van der Waals surface area contributed by atoms with Crippen LogP contribution in [0.5, 0.6) is 0 Å². The van der Waals surface area contributed by atoms with Gasteiger partial charge >= 0.3 is 12.4 Å². The molecule has 9 nitrogen and oxygen atoms in total. The summed E-state index contributed by atoms with van der Waals surface area (Å²) in [5, 5.41) is 6.29. The molecule has 1 aromatic carbocycles. The average molecular weight is 560 g/mol. The van der Waals surface area contributed by atoms with E-state index in [0.717, 1.165) is 34.0 Å². The molecule has 15 heteroatoms. The Morgan fingerprint density at radius 1 is 1.02 bits per heavy atom. The highest BCUT2D eigenvalue weighted by molar-refractivity contribution is 6.05. The van der Waals surface area contributed by atoms with E-state index in [9.17, 15) is 31.1 Å². The summed E-state index contributed by atoms with van der Waals surface area (Å²) < 4.78 is 84.5. The lowest BCUT2D eigenvalue weighted by Gasteiger charge is -2.21. The van der Waals surface area contributed by atoms with E-state index in [1.54, 1.807) is 6.07 Å². The van der Waals surface area contributed by atoms with Crippen LogP contribution in [0.25, 0.3) is 16.8 Å². The number of nitrogens with zero attached hydrogens (tertiary/aromatic N) is 6. The summed E-state index contributed by atoms with van der Waals surface area (Å²) in [6.07, 6.45) is -5.20. The predicted octanol–water partition coefficient (Wildman–Crippen LogP) is 5.30. The topological polar surface area (TPSA) is 116 Å². The number of nitrogens with one attached hydrogen (secondary N) is 1. The second-order valence-corrected chi connectivity index (χ2v) is 8.72. The maximum Gasteiger partial charge on any atom is 0.418 e. The van der Waals surface area contributed by atoms with Crippen LogP contribution in [0.3, 0.4) is 0 Å². The molecular weight excluding hydrogens is 542 g/mol. The van der Waals surface area contributed by atoms with Crippen LogP contribution in [0.2, 0.25) is 0 Å². The van der Waals surface area contributed by atoms with Crippen molar-refractivity contribution in [2.45, 2.75) is 25.3 Å². The summed E-state index contributed by atoms with van der Waals surface area (Å²) in [7, 11) is 0. The summed E-state index contributed by atoms with van der Waals surface area (Å²) in [6, 6.07) is 7.25. The molecule has 0 saturated carbocycles. The Balaban J connectivity index is 1.48. The number of aromatic nitrogens is 6. The van der Waals surface area contributed by atoms with E-state index in [-0.39, 0.29) is 33.9 Å². The highest BCUT2D eigenvalue weighted by Crippen LogP contribution is 2.39. The van der Waals surface area contributed by atoms with Gasteiger partial charge < -0.3 is 15.6 Å². The summed E-state index contributed by atoms with van der Waals surface area (Å²) in [5.41, 5.74) is 4.34. The second-order valence-electron chi connectivity index (χ2n) is 8.72. The zero-order valence-corrected chi connectivity index (χ0v) is 20.4. The highest BCUT2D eigenvalue weighted by atomic mass is 19.4. The number of benzene rings is 1. The van der Waals surface area contributed by atoms with E-state index in [1.807, 2.05) is 0 Å². The van der Waals surface area contributed by atoms with Crippen LogP contribution < -0.4 is 11.1 Å². The number of carbonyl (C=O) groups excluding carboxylic acids is 1. The van der Waals surface area contributed by atoms with Gasteiger partial charge in [-0.05, 0) is 24.6 Å². The Morgan fingerprint density at radius 3 is 2.42 bits per heavy atom. The Morgan fingerprint density at radius 2 is 1.75 bits per heavy atom. The third-order valence-electron chi connectivity index (χ3n) is 6.08. The quantitative estimate of drug-likeness (QED) is 0.282. The van der Waals surface area contributed by atoms with E-state index >= 15 is 0 Å². The number of carbonyl (C=O) groups is 1. The first kappa shape index (κ1) is 26.6. The lowest BCUT2D eigenvalue weighted by molar-refractivity contribution is -0.156. The van der Waals surface area contributed by atoms with Gasteiger partial charge in [-0.1, -0.05) is 30.3 Å². The van der Waals surface area contributed by atoms with Crippen molar-refractivity contribution in [1.82, 2.24) is 29.1 Å². The molecule has 40 heavy (non-hydrogen) atoms. The largest absolute Gasteiger partial charge is 0.418 e. The molecule has 0 aliphatic carbocycles. The molecule has 1 amide bonds. The molecule has 0 aliphatic rings. The number of amides is 1. The van der Waals surface area contributed by atoms with Gasteiger partial charge in [-0.25, -0.2) is 14.5 Å². The van der Waals surface area contributed by atoms with E-state index in [1.165, 1.54) is 43.5 Å². The molecule has 5 rings (SSSR count). The number of pyridine rings is 1. The lowest BCUT2D eigenvalue weighted by atomic mass is 10.1. The zero-order valence-electron chi connectivity index (χ0n) is 20.4. The molecule has 0 radical (unpaired) electrons. The first-order chi connectivity index (χ1) is 18.8. The number of aryl methyl sites for hydroxylation is 1. The minimum absolute atomic E-state index is 0.0277. The van der Waals surface area contributed by atoms with Crippen LogP contribution in [0.4, 0.5) is 38.0 Å². The van der Waals surface area contributed by atoms with Gasteiger partial charge in [-0.15, -0.1) is 0 Å². The summed E-state index contributed by atoms with van der Waals surface area (Å²) in [5.74, 6) is -1.35. The van der Waals surface area contributed by atoms with Crippen LogP contribution in [-0.4, -0.2) is 41.2 Å². The Kier molecular flexibility index (Phi) is 6.44. The number of anilines is 2. The van der Waals surface area contributed by atoms with Gasteiger partial charge in [0, 0.05) is 18.0 Å². The van der Waals surface area contributed by atoms with Crippen molar-refractivity contribution in [3.05, 3.63) is 89.9 Å². The van der Waals surface area contributed by atoms with Gasteiger partial charge in [-0.3, -0.25) is 9.78 Å². The van der Waals surface area contributed by atoms with Gasteiger partial charge in [-0.2, -0.15) is 31.4 Å². The SMILES string of the molecule is Cc1ncc(-c2cc(C(F)(F)F)c3c(N)ncnn23)cc1C(=O)Nc1cn(C(c2ccccc2)C(F)(F)F)cn1. The van der Waals surface area contributed by atoms with E-state index in [2.05, 4.69) is 25.4 Å². The number of imidazole rings is 1. The smallest absolute Gasteiger partial charge is 0.382 e. The normalized spacial score (nSPS) is 13.0. The summed E-state index contributed by atoms with van der Waals surface area (Å²) >= 11 is 0. The van der Waals surface area contributed by atoms with Crippen LogP contribution in [0, 0.1) is 6.92 Å². The average Bonchev–Trinajstić information content (AvgIpc) is 3.50. The third kappa shape index (κ3) is 4.92. The molecule has 4 heterocycles. The molecule has 1 atom stereocenters. The minimum Gasteiger partial charge on any atom is -0.382 e. The summed E-state index contributed by atoms with van der Waals surface area (Å²) in [4.78, 5) is 24.7. The van der Waals surface area contributed by atoms with Crippen molar-refractivity contribution in [3.63, 3.8) is 0 Å². The Hall–Kier alpha value is -4.95. The first-order valence-corrected chi connectivity index (χ1v) is 11.5. The number of nitrogen functional groups attached to an aromatic ring is 1. The first-order valence-electron chi connectivity index (χ1n) is 11.5. The standard InChI is InChI=1S/C25H18F6N8O/c1-13-16(7-15(9-33-13)18-8-17(24(26,27)28)20-22(32)34-11-36-39(18)20)23(40)37-19-10-38(12-35-19)21(25(29,30)31)14-5-3-2-4-6-14/h2-12,21H,1H3,(H,37,40)(H2,32,34,36). The van der Waals surface area contributed by atoms with Gasteiger partial charge in [0.15, 0.2) is 17.7 Å². The van der Waals surface area contributed by atoms with Crippen LogP contribution in [-0.2, 0) is 6.18 Å². The number of nitrogens with two attached hydrogens (primary N) is 1. The molecule has 0 spiro atoms. The maximum atomic E-state index is 13.9.